The minimum atomic E-state index is -1.08. The summed E-state index contributed by atoms with van der Waals surface area (Å²) in [6.07, 6.45) is -0.493. The number of carbonyl (C=O) groups is 2. The van der Waals surface area contributed by atoms with Crippen molar-refractivity contribution in [1.82, 2.24) is 5.32 Å². The van der Waals surface area contributed by atoms with Gasteiger partial charge in [0.2, 0.25) is 0 Å². The summed E-state index contributed by atoms with van der Waals surface area (Å²) < 4.78 is 6.53. The molecule has 2 N–H and O–H groups in total. The molecule has 0 aromatic heterocycles. The highest BCUT2D eigenvalue weighted by atomic mass is 79.9. The SMILES string of the molecule is C=C(CCNC(=O)Oc1ccc(Br)cc1Br)C(=O)O. The second-order valence-corrected chi connectivity index (χ2v) is 5.32. The molecular weight excluding hydrogens is 382 g/mol. The molecule has 0 aliphatic carbocycles. The predicted octanol–water partition coefficient (Wildman–Crippen LogP) is 3.33. The molecule has 0 atom stereocenters. The molecule has 0 spiro atoms. The standard InChI is InChI=1S/C12H11Br2NO4/c1-7(11(16)17)4-5-15-12(18)19-10-3-2-8(13)6-9(10)14/h2-3,6H,1,4-5H2,(H,15,18)(H,16,17). The summed E-state index contributed by atoms with van der Waals surface area (Å²) >= 11 is 6.54. The first-order valence-electron chi connectivity index (χ1n) is 5.22. The average Bonchev–Trinajstić information content (AvgIpc) is 2.32. The Morgan fingerprint density at radius 1 is 1.37 bits per heavy atom. The molecule has 7 heteroatoms. The summed E-state index contributed by atoms with van der Waals surface area (Å²) in [4.78, 5) is 21.9. The molecule has 0 aliphatic rings. The van der Waals surface area contributed by atoms with E-state index in [-0.39, 0.29) is 18.5 Å². The number of halogens is 2. The van der Waals surface area contributed by atoms with Gasteiger partial charge in [0.25, 0.3) is 0 Å². The van der Waals surface area contributed by atoms with E-state index >= 15 is 0 Å². The van der Waals surface area contributed by atoms with Crippen LogP contribution in [0.4, 0.5) is 4.79 Å². The largest absolute Gasteiger partial charge is 0.478 e. The number of hydrogen-bond donors (Lipinski definition) is 2. The third-order valence-electron chi connectivity index (χ3n) is 2.10. The monoisotopic (exact) mass is 391 g/mol. The Bertz CT molecular complexity index is 516. The third kappa shape index (κ3) is 5.44. The number of benzene rings is 1. The van der Waals surface area contributed by atoms with Crippen molar-refractivity contribution in [2.24, 2.45) is 0 Å². The molecule has 1 aromatic carbocycles. The minimum Gasteiger partial charge on any atom is -0.478 e. The highest BCUT2D eigenvalue weighted by Gasteiger charge is 2.09. The molecule has 0 bridgehead atoms. The molecule has 5 nitrogen and oxygen atoms in total. The van der Waals surface area contributed by atoms with Crippen LogP contribution in [-0.2, 0) is 4.79 Å². The van der Waals surface area contributed by atoms with Crippen LogP contribution in [0.2, 0.25) is 0 Å². The van der Waals surface area contributed by atoms with Gasteiger partial charge in [0.15, 0.2) is 0 Å². The molecule has 0 radical (unpaired) electrons. The zero-order valence-corrected chi connectivity index (χ0v) is 13.0. The number of carboxylic acid groups (broad SMARTS) is 1. The van der Waals surface area contributed by atoms with Crippen molar-refractivity contribution >= 4 is 43.9 Å². The van der Waals surface area contributed by atoms with Gasteiger partial charge >= 0.3 is 12.1 Å². The van der Waals surface area contributed by atoms with Gasteiger partial charge in [-0.1, -0.05) is 22.5 Å². The minimum absolute atomic E-state index is 0.0325. The fraction of sp³-hybridized carbons (Fsp3) is 0.167. The average molecular weight is 393 g/mol. The Kier molecular flexibility index (Phi) is 6.04. The van der Waals surface area contributed by atoms with E-state index < -0.39 is 12.1 Å². The molecule has 1 aromatic rings. The quantitative estimate of drug-likeness (QED) is 0.753. The van der Waals surface area contributed by atoms with Gasteiger partial charge in [0.1, 0.15) is 5.75 Å². The van der Waals surface area contributed by atoms with Crippen LogP contribution in [0.25, 0.3) is 0 Å². The lowest BCUT2D eigenvalue weighted by Crippen LogP contribution is -2.28. The van der Waals surface area contributed by atoms with Crippen molar-refractivity contribution in [2.75, 3.05) is 6.54 Å². The van der Waals surface area contributed by atoms with Crippen LogP contribution >= 0.6 is 31.9 Å². The number of hydrogen-bond acceptors (Lipinski definition) is 3. The smallest absolute Gasteiger partial charge is 0.412 e. The van der Waals surface area contributed by atoms with Gasteiger partial charge < -0.3 is 15.2 Å². The predicted molar refractivity (Wildman–Crippen MR) is 77.3 cm³/mol. The highest BCUT2D eigenvalue weighted by Crippen LogP contribution is 2.28. The van der Waals surface area contributed by atoms with Crippen LogP contribution in [0.15, 0.2) is 39.3 Å². The Balaban J connectivity index is 2.43. The van der Waals surface area contributed by atoms with Gasteiger partial charge in [0.05, 0.1) is 4.47 Å². The van der Waals surface area contributed by atoms with Crippen LogP contribution in [0.5, 0.6) is 5.75 Å². The van der Waals surface area contributed by atoms with E-state index in [0.717, 1.165) is 4.47 Å². The van der Waals surface area contributed by atoms with Crippen LogP contribution in [0.3, 0.4) is 0 Å². The number of nitrogens with one attached hydrogen (secondary N) is 1. The first-order valence-corrected chi connectivity index (χ1v) is 6.80. The lowest BCUT2D eigenvalue weighted by molar-refractivity contribution is -0.132. The van der Waals surface area contributed by atoms with Crippen LogP contribution in [0, 0.1) is 0 Å². The third-order valence-corrected chi connectivity index (χ3v) is 3.21. The number of carboxylic acids is 1. The topological polar surface area (TPSA) is 75.6 Å². The molecule has 1 amide bonds. The van der Waals surface area contributed by atoms with Gasteiger partial charge in [-0.25, -0.2) is 9.59 Å². The van der Waals surface area contributed by atoms with Crippen molar-refractivity contribution in [3.05, 3.63) is 39.3 Å². The maximum Gasteiger partial charge on any atom is 0.412 e. The van der Waals surface area contributed by atoms with Gasteiger partial charge in [0, 0.05) is 16.6 Å². The van der Waals surface area contributed by atoms with Gasteiger partial charge in [-0.05, 0) is 40.5 Å². The molecule has 19 heavy (non-hydrogen) atoms. The molecule has 0 saturated carbocycles. The Labute approximate surface area is 126 Å². The summed E-state index contributed by atoms with van der Waals surface area (Å²) in [6.45, 7) is 3.51. The van der Waals surface area contributed by atoms with E-state index in [9.17, 15) is 9.59 Å². The van der Waals surface area contributed by atoms with Gasteiger partial charge in [-0.15, -0.1) is 0 Å². The Morgan fingerprint density at radius 3 is 2.63 bits per heavy atom. The van der Waals surface area contributed by atoms with Crippen molar-refractivity contribution < 1.29 is 19.4 Å². The van der Waals surface area contributed by atoms with E-state index in [4.69, 9.17) is 9.84 Å². The molecule has 0 saturated heterocycles. The lowest BCUT2D eigenvalue weighted by Gasteiger charge is -2.08. The summed E-state index contributed by atoms with van der Waals surface area (Å²) in [5.74, 6) is -0.705. The zero-order valence-electron chi connectivity index (χ0n) is 9.78. The summed E-state index contributed by atoms with van der Waals surface area (Å²) in [5.41, 5.74) is 0.0325. The van der Waals surface area contributed by atoms with Crippen molar-refractivity contribution in [3.63, 3.8) is 0 Å². The van der Waals surface area contributed by atoms with E-state index in [1.807, 2.05) is 0 Å². The first kappa shape index (κ1) is 15.7. The van der Waals surface area contributed by atoms with E-state index in [1.165, 1.54) is 0 Å². The molecule has 1 rings (SSSR count). The van der Waals surface area contributed by atoms with Gasteiger partial charge in [-0.3, -0.25) is 0 Å². The van der Waals surface area contributed by atoms with E-state index in [0.29, 0.717) is 10.2 Å². The number of rotatable bonds is 5. The number of carbonyl (C=O) groups excluding carboxylic acids is 1. The maximum absolute atomic E-state index is 11.5. The summed E-state index contributed by atoms with van der Waals surface area (Å²) in [5, 5.41) is 11.0. The van der Waals surface area contributed by atoms with Crippen LogP contribution in [0.1, 0.15) is 6.42 Å². The van der Waals surface area contributed by atoms with Crippen molar-refractivity contribution in [1.29, 1.82) is 0 Å². The first-order chi connectivity index (χ1) is 8.90. The van der Waals surface area contributed by atoms with Crippen LogP contribution < -0.4 is 10.1 Å². The normalized spacial score (nSPS) is 9.79. The number of amides is 1. The number of aliphatic carboxylic acids is 1. The summed E-state index contributed by atoms with van der Waals surface area (Å²) in [6, 6.07) is 5.11. The van der Waals surface area contributed by atoms with Crippen molar-refractivity contribution in [2.45, 2.75) is 6.42 Å². The summed E-state index contributed by atoms with van der Waals surface area (Å²) in [7, 11) is 0. The highest BCUT2D eigenvalue weighted by molar-refractivity contribution is 9.11. The molecule has 0 heterocycles. The Hall–Kier alpha value is -1.34. The molecular formula is C12H11Br2NO4. The molecule has 102 valence electrons. The van der Waals surface area contributed by atoms with Crippen molar-refractivity contribution in [3.8, 4) is 5.75 Å². The molecule has 0 unspecified atom stereocenters. The van der Waals surface area contributed by atoms with Crippen LogP contribution in [-0.4, -0.2) is 23.7 Å². The fourth-order valence-corrected chi connectivity index (χ4v) is 2.24. The zero-order chi connectivity index (χ0) is 14.4. The molecule has 0 aliphatic heterocycles. The Morgan fingerprint density at radius 2 is 2.05 bits per heavy atom. The number of ether oxygens (including phenoxy) is 1. The van der Waals surface area contributed by atoms with Gasteiger partial charge in [-0.2, -0.15) is 0 Å². The molecule has 0 fully saturated rings. The lowest BCUT2D eigenvalue weighted by atomic mass is 10.2. The second-order valence-electron chi connectivity index (χ2n) is 3.55. The van der Waals surface area contributed by atoms with E-state index in [1.54, 1.807) is 18.2 Å². The fourth-order valence-electron chi connectivity index (χ4n) is 1.12. The second kappa shape index (κ2) is 7.30. The maximum atomic E-state index is 11.5. The van der Waals surface area contributed by atoms with E-state index in [2.05, 4.69) is 43.8 Å².